The first kappa shape index (κ1) is 15.9. The molecule has 2 nitrogen and oxygen atoms in total. The normalized spacial score (nSPS) is 12.2. The van der Waals surface area contributed by atoms with Crippen molar-refractivity contribution in [2.45, 2.75) is 13.0 Å². The molecule has 20 heavy (non-hydrogen) atoms. The number of benzene rings is 2. The van der Waals surface area contributed by atoms with Crippen LogP contribution in [0.3, 0.4) is 0 Å². The molecule has 1 unspecified atom stereocenters. The average Bonchev–Trinajstić information content (AvgIpc) is 2.43. The Morgan fingerprint density at radius 3 is 2.40 bits per heavy atom. The molecule has 2 N–H and O–H groups in total. The molecule has 0 radical (unpaired) electrons. The Labute approximate surface area is 142 Å². The molecule has 0 bridgehead atoms. The smallest absolute Gasteiger partial charge is 0.139 e. The first-order valence-corrected chi connectivity index (χ1v) is 7.99. The highest BCUT2D eigenvalue weighted by molar-refractivity contribution is 14.1. The van der Waals surface area contributed by atoms with E-state index in [1.807, 2.05) is 31.2 Å². The van der Waals surface area contributed by atoms with Crippen LogP contribution in [0.25, 0.3) is 0 Å². The van der Waals surface area contributed by atoms with Crippen LogP contribution in [0.4, 0.5) is 0 Å². The van der Waals surface area contributed by atoms with Crippen LogP contribution in [0.15, 0.2) is 36.4 Å². The molecule has 0 aliphatic heterocycles. The Kier molecular flexibility index (Phi) is 5.55. The van der Waals surface area contributed by atoms with Crippen LogP contribution in [-0.2, 0) is 0 Å². The summed E-state index contributed by atoms with van der Waals surface area (Å²) in [5.74, 6) is 0.581. The van der Waals surface area contributed by atoms with E-state index in [2.05, 4.69) is 22.6 Å². The van der Waals surface area contributed by atoms with Gasteiger partial charge in [-0.1, -0.05) is 35.3 Å². The van der Waals surface area contributed by atoms with Gasteiger partial charge in [0.1, 0.15) is 5.75 Å². The molecule has 2 aromatic carbocycles. The van der Waals surface area contributed by atoms with Gasteiger partial charge in [-0.25, -0.2) is 0 Å². The van der Waals surface area contributed by atoms with Crippen molar-refractivity contribution in [1.82, 2.24) is 0 Å². The van der Waals surface area contributed by atoms with Crippen molar-refractivity contribution in [1.29, 1.82) is 0 Å². The second kappa shape index (κ2) is 6.98. The van der Waals surface area contributed by atoms with E-state index in [1.54, 1.807) is 12.1 Å². The summed E-state index contributed by atoms with van der Waals surface area (Å²) in [5.41, 5.74) is 8.06. The van der Waals surface area contributed by atoms with E-state index < -0.39 is 0 Å². The molecule has 2 aromatic rings. The molecule has 0 heterocycles. The second-order valence-electron chi connectivity index (χ2n) is 4.27. The van der Waals surface area contributed by atoms with Gasteiger partial charge < -0.3 is 10.5 Å². The third-order valence-corrected chi connectivity index (χ3v) is 4.26. The lowest BCUT2D eigenvalue weighted by molar-refractivity contribution is 0.340. The fourth-order valence-corrected chi connectivity index (χ4v) is 2.76. The van der Waals surface area contributed by atoms with E-state index in [0.717, 1.165) is 14.7 Å². The predicted octanol–water partition coefficient (Wildman–Crippen LogP) is 5.04. The number of halogens is 3. The van der Waals surface area contributed by atoms with Gasteiger partial charge in [0.05, 0.1) is 17.7 Å². The van der Waals surface area contributed by atoms with Crippen molar-refractivity contribution >= 4 is 45.8 Å². The Hall–Kier alpha value is -0.490. The SMILES string of the molecule is CCOc1cc(Cl)c(C(N)c2ccc(I)cc2)cc1Cl. The van der Waals surface area contributed by atoms with E-state index in [4.69, 9.17) is 33.7 Å². The molecule has 0 aliphatic carbocycles. The number of hydrogen-bond acceptors (Lipinski definition) is 2. The van der Waals surface area contributed by atoms with Crippen LogP contribution >= 0.6 is 45.8 Å². The maximum atomic E-state index is 6.29. The van der Waals surface area contributed by atoms with Crippen LogP contribution in [0.1, 0.15) is 24.1 Å². The molecular weight excluding hydrogens is 408 g/mol. The Morgan fingerprint density at radius 1 is 1.15 bits per heavy atom. The first-order valence-electron chi connectivity index (χ1n) is 6.15. The molecule has 1 atom stereocenters. The van der Waals surface area contributed by atoms with Gasteiger partial charge in [0, 0.05) is 14.7 Å². The van der Waals surface area contributed by atoms with Crippen LogP contribution < -0.4 is 10.5 Å². The molecule has 0 spiro atoms. The Balaban J connectivity index is 2.37. The molecule has 0 aliphatic rings. The maximum absolute atomic E-state index is 6.29. The average molecular weight is 422 g/mol. The maximum Gasteiger partial charge on any atom is 0.139 e. The van der Waals surface area contributed by atoms with Gasteiger partial charge in [-0.2, -0.15) is 0 Å². The standard InChI is InChI=1S/C15H14Cl2INO/c1-2-20-14-8-12(16)11(7-13(14)17)15(19)9-3-5-10(18)6-4-9/h3-8,15H,2,19H2,1H3. The summed E-state index contributed by atoms with van der Waals surface area (Å²) in [5, 5.41) is 1.08. The lowest BCUT2D eigenvalue weighted by Gasteiger charge is -2.16. The minimum absolute atomic E-state index is 0.312. The molecule has 5 heteroatoms. The monoisotopic (exact) mass is 421 g/mol. The zero-order valence-corrected chi connectivity index (χ0v) is 14.5. The Morgan fingerprint density at radius 2 is 1.80 bits per heavy atom. The largest absolute Gasteiger partial charge is 0.492 e. The molecule has 2 rings (SSSR count). The number of nitrogens with two attached hydrogens (primary N) is 1. The van der Waals surface area contributed by atoms with Crippen LogP contribution in [0.2, 0.25) is 10.0 Å². The van der Waals surface area contributed by atoms with Crippen molar-refractivity contribution in [2.24, 2.45) is 5.73 Å². The molecule has 106 valence electrons. The summed E-state index contributed by atoms with van der Waals surface area (Å²) in [6.45, 7) is 2.44. The van der Waals surface area contributed by atoms with Crippen molar-refractivity contribution in [3.8, 4) is 5.75 Å². The zero-order chi connectivity index (χ0) is 14.7. The van der Waals surface area contributed by atoms with E-state index in [-0.39, 0.29) is 6.04 Å². The van der Waals surface area contributed by atoms with Gasteiger partial charge in [0.25, 0.3) is 0 Å². The first-order chi connectivity index (χ1) is 9.52. The summed E-state index contributed by atoms with van der Waals surface area (Å²) in [7, 11) is 0. The molecular formula is C15H14Cl2INO. The zero-order valence-electron chi connectivity index (χ0n) is 10.9. The van der Waals surface area contributed by atoms with Crippen LogP contribution in [0.5, 0.6) is 5.75 Å². The summed E-state index contributed by atoms with van der Waals surface area (Å²) < 4.78 is 6.58. The van der Waals surface area contributed by atoms with Crippen molar-refractivity contribution in [2.75, 3.05) is 6.61 Å². The van der Waals surface area contributed by atoms with Gasteiger partial charge >= 0.3 is 0 Å². The van der Waals surface area contributed by atoms with Gasteiger partial charge in [-0.3, -0.25) is 0 Å². The van der Waals surface area contributed by atoms with Crippen molar-refractivity contribution in [3.63, 3.8) is 0 Å². The minimum atomic E-state index is -0.312. The summed E-state index contributed by atoms with van der Waals surface area (Å²) >= 11 is 14.7. The van der Waals surface area contributed by atoms with E-state index in [0.29, 0.717) is 22.4 Å². The summed E-state index contributed by atoms with van der Waals surface area (Å²) in [6, 6.07) is 11.2. The van der Waals surface area contributed by atoms with Crippen LogP contribution in [-0.4, -0.2) is 6.61 Å². The number of hydrogen-bond donors (Lipinski definition) is 1. The van der Waals surface area contributed by atoms with E-state index >= 15 is 0 Å². The molecule has 0 saturated heterocycles. The Bertz CT molecular complexity index is 602. The lowest BCUT2D eigenvalue weighted by atomic mass is 9.99. The highest BCUT2D eigenvalue weighted by Gasteiger charge is 2.16. The van der Waals surface area contributed by atoms with Gasteiger partial charge in [-0.15, -0.1) is 0 Å². The highest BCUT2D eigenvalue weighted by atomic mass is 127. The van der Waals surface area contributed by atoms with Crippen LogP contribution in [0, 0.1) is 3.57 Å². The van der Waals surface area contributed by atoms with Crippen molar-refractivity contribution < 1.29 is 4.74 Å². The van der Waals surface area contributed by atoms with Gasteiger partial charge in [0.15, 0.2) is 0 Å². The molecule has 0 saturated carbocycles. The van der Waals surface area contributed by atoms with E-state index in [9.17, 15) is 0 Å². The van der Waals surface area contributed by atoms with Crippen molar-refractivity contribution in [3.05, 3.63) is 61.1 Å². The fraction of sp³-hybridized carbons (Fsp3) is 0.200. The lowest BCUT2D eigenvalue weighted by Crippen LogP contribution is -2.12. The predicted molar refractivity (Wildman–Crippen MR) is 92.8 cm³/mol. The van der Waals surface area contributed by atoms with E-state index in [1.165, 1.54) is 0 Å². The highest BCUT2D eigenvalue weighted by Crippen LogP contribution is 2.35. The third-order valence-electron chi connectivity index (χ3n) is 2.92. The molecule has 0 amide bonds. The number of rotatable bonds is 4. The fourth-order valence-electron chi connectivity index (χ4n) is 1.90. The summed E-state index contributed by atoms with van der Waals surface area (Å²) in [4.78, 5) is 0. The molecule has 0 fully saturated rings. The van der Waals surface area contributed by atoms with Gasteiger partial charge in [0.2, 0.25) is 0 Å². The van der Waals surface area contributed by atoms with Gasteiger partial charge in [-0.05, 0) is 58.8 Å². The second-order valence-corrected chi connectivity index (χ2v) is 6.33. The number of ether oxygens (including phenoxy) is 1. The molecule has 0 aromatic heterocycles. The summed E-state index contributed by atoms with van der Waals surface area (Å²) in [6.07, 6.45) is 0. The third kappa shape index (κ3) is 3.58. The quantitative estimate of drug-likeness (QED) is 0.701. The topological polar surface area (TPSA) is 35.2 Å². The minimum Gasteiger partial charge on any atom is -0.492 e.